The molecule has 0 aromatic carbocycles. The topological polar surface area (TPSA) is 131 Å². The number of anilines is 1. The fourth-order valence-electron chi connectivity index (χ4n) is 2.73. The SMILES string of the molecule is Cn1ccc(-c2cn(-c3ncccc3C#N)c(=O)c3c(N)n[nH]c23)n1. The second-order valence-corrected chi connectivity index (χ2v) is 5.44. The van der Waals surface area contributed by atoms with Crippen molar-refractivity contribution in [3.8, 4) is 23.1 Å². The van der Waals surface area contributed by atoms with Gasteiger partial charge in [-0.25, -0.2) is 4.98 Å². The largest absolute Gasteiger partial charge is 0.382 e. The van der Waals surface area contributed by atoms with Crippen molar-refractivity contribution in [2.24, 2.45) is 7.05 Å². The molecule has 4 rings (SSSR count). The van der Waals surface area contributed by atoms with Crippen LogP contribution in [0.25, 0.3) is 28.0 Å². The lowest BCUT2D eigenvalue weighted by atomic mass is 10.1. The minimum atomic E-state index is -0.406. The summed E-state index contributed by atoms with van der Waals surface area (Å²) in [6, 6.07) is 7.09. The van der Waals surface area contributed by atoms with Crippen molar-refractivity contribution in [1.82, 2.24) is 29.5 Å². The van der Waals surface area contributed by atoms with E-state index >= 15 is 0 Å². The normalized spacial score (nSPS) is 10.9. The van der Waals surface area contributed by atoms with E-state index in [4.69, 9.17) is 5.73 Å². The lowest BCUT2D eigenvalue weighted by molar-refractivity contribution is 0.770. The minimum absolute atomic E-state index is 0.0842. The number of aromatic nitrogens is 6. The first kappa shape index (κ1) is 14.6. The predicted octanol–water partition coefficient (Wildman–Crippen LogP) is 0.963. The molecule has 9 nitrogen and oxygen atoms in total. The number of rotatable bonds is 2. The first-order valence-electron chi connectivity index (χ1n) is 7.35. The number of hydrogen-bond donors (Lipinski definition) is 2. The Morgan fingerprint density at radius 2 is 2.20 bits per heavy atom. The van der Waals surface area contributed by atoms with E-state index < -0.39 is 5.56 Å². The highest BCUT2D eigenvalue weighted by Crippen LogP contribution is 2.27. The minimum Gasteiger partial charge on any atom is -0.382 e. The number of aromatic amines is 1. The fraction of sp³-hybridized carbons (Fsp3) is 0.0625. The maximum Gasteiger partial charge on any atom is 0.269 e. The van der Waals surface area contributed by atoms with Crippen LogP contribution in [-0.2, 0) is 7.05 Å². The van der Waals surface area contributed by atoms with Gasteiger partial charge in [0.05, 0.1) is 16.8 Å². The molecule has 25 heavy (non-hydrogen) atoms. The molecule has 4 aromatic heterocycles. The lowest BCUT2D eigenvalue weighted by Crippen LogP contribution is -2.20. The summed E-state index contributed by atoms with van der Waals surface area (Å²) < 4.78 is 2.95. The number of pyridine rings is 2. The molecule has 0 saturated heterocycles. The van der Waals surface area contributed by atoms with Crippen LogP contribution in [0.4, 0.5) is 5.82 Å². The number of aryl methyl sites for hydroxylation is 1. The summed E-state index contributed by atoms with van der Waals surface area (Å²) in [5.41, 5.74) is 7.51. The van der Waals surface area contributed by atoms with E-state index in [0.29, 0.717) is 16.8 Å². The second kappa shape index (κ2) is 5.31. The zero-order chi connectivity index (χ0) is 17.6. The van der Waals surface area contributed by atoms with Crippen LogP contribution in [0, 0.1) is 11.3 Å². The van der Waals surface area contributed by atoms with Crippen molar-refractivity contribution in [2.75, 3.05) is 5.73 Å². The number of nitrogen functional groups attached to an aromatic ring is 1. The summed E-state index contributed by atoms with van der Waals surface area (Å²) in [6.45, 7) is 0. The van der Waals surface area contributed by atoms with Gasteiger partial charge in [0.15, 0.2) is 11.6 Å². The Morgan fingerprint density at radius 1 is 1.36 bits per heavy atom. The smallest absolute Gasteiger partial charge is 0.269 e. The number of fused-ring (bicyclic) bond motifs is 1. The van der Waals surface area contributed by atoms with Crippen molar-refractivity contribution in [3.63, 3.8) is 0 Å². The predicted molar refractivity (Wildman–Crippen MR) is 90.8 cm³/mol. The van der Waals surface area contributed by atoms with Crippen LogP contribution in [0.3, 0.4) is 0 Å². The van der Waals surface area contributed by atoms with Crippen LogP contribution in [0.5, 0.6) is 0 Å². The molecule has 0 unspecified atom stereocenters. The molecule has 0 saturated carbocycles. The molecule has 0 amide bonds. The van der Waals surface area contributed by atoms with Crippen molar-refractivity contribution >= 4 is 16.7 Å². The molecule has 122 valence electrons. The summed E-state index contributed by atoms with van der Waals surface area (Å²) in [4.78, 5) is 17.1. The van der Waals surface area contributed by atoms with Gasteiger partial charge in [-0.15, -0.1) is 0 Å². The van der Waals surface area contributed by atoms with E-state index in [9.17, 15) is 10.1 Å². The van der Waals surface area contributed by atoms with Gasteiger partial charge in [0.1, 0.15) is 11.5 Å². The van der Waals surface area contributed by atoms with Gasteiger partial charge in [-0.1, -0.05) is 0 Å². The van der Waals surface area contributed by atoms with Crippen LogP contribution in [0.15, 0.2) is 41.6 Å². The van der Waals surface area contributed by atoms with Crippen molar-refractivity contribution in [2.45, 2.75) is 0 Å². The van der Waals surface area contributed by atoms with Gasteiger partial charge < -0.3 is 5.73 Å². The van der Waals surface area contributed by atoms with Crippen LogP contribution in [0.1, 0.15) is 5.56 Å². The molecule has 0 radical (unpaired) electrons. The summed E-state index contributed by atoms with van der Waals surface area (Å²) in [6.07, 6.45) is 4.90. The molecular weight excluding hydrogens is 320 g/mol. The van der Waals surface area contributed by atoms with E-state index in [1.807, 2.05) is 12.1 Å². The van der Waals surface area contributed by atoms with Crippen molar-refractivity contribution < 1.29 is 0 Å². The van der Waals surface area contributed by atoms with Gasteiger partial charge in [-0.3, -0.25) is 19.1 Å². The molecule has 3 N–H and O–H groups in total. The molecule has 9 heteroatoms. The van der Waals surface area contributed by atoms with Crippen molar-refractivity contribution in [1.29, 1.82) is 5.26 Å². The third kappa shape index (κ3) is 2.16. The van der Waals surface area contributed by atoms with E-state index in [-0.39, 0.29) is 22.6 Å². The van der Waals surface area contributed by atoms with Gasteiger partial charge in [-0.2, -0.15) is 15.5 Å². The average Bonchev–Trinajstić information content (AvgIpc) is 3.22. The Balaban J connectivity index is 2.13. The van der Waals surface area contributed by atoms with Crippen molar-refractivity contribution in [3.05, 3.63) is 52.7 Å². The highest BCUT2D eigenvalue weighted by molar-refractivity contribution is 5.97. The number of nitrogens with two attached hydrogens (primary N) is 1. The molecule has 0 aliphatic rings. The maximum atomic E-state index is 12.9. The second-order valence-electron chi connectivity index (χ2n) is 5.44. The van der Waals surface area contributed by atoms with E-state index in [0.717, 1.165) is 0 Å². The Hall–Kier alpha value is -3.93. The number of hydrogen-bond acceptors (Lipinski definition) is 6. The summed E-state index contributed by atoms with van der Waals surface area (Å²) >= 11 is 0. The summed E-state index contributed by atoms with van der Waals surface area (Å²) in [5.74, 6) is 0.315. The summed E-state index contributed by atoms with van der Waals surface area (Å²) in [7, 11) is 1.80. The Labute approximate surface area is 141 Å². The maximum absolute atomic E-state index is 12.9. The van der Waals surface area contributed by atoms with Crippen LogP contribution < -0.4 is 11.3 Å². The van der Waals surface area contributed by atoms with Gasteiger partial charge in [0.2, 0.25) is 0 Å². The molecule has 0 fully saturated rings. The lowest BCUT2D eigenvalue weighted by Gasteiger charge is -2.09. The molecule has 4 aromatic rings. The molecule has 0 aliphatic carbocycles. The number of H-pyrrole nitrogens is 1. The average molecular weight is 332 g/mol. The molecule has 4 heterocycles. The van der Waals surface area contributed by atoms with E-state index in [1.54, 1.807) is 36.3 Å². The highest BCUT2D eigenvalue weighted by Gasteiger charge is 2.19. The monoisotopic (exact) mass is 332 g/mol. The molecule has 0 spiro atoms. The summed E-state index contributed by atoms with van der Waals surface area (Å²) in [5, 5.41) is 20.7. The van der Waals surface area contributed by atoms with Crippen LogP contribution in [-0.4, -0.2) is 29.5 Å². The zero-order valence-corrected chi connectivity index (χ0v) is 13.1. The van der Waals surface area contributed by atoms with Gasteiger partial charge >= 0.3 is 0 Å². The molecule has 0 atom stereocenters. The van der Waals surface area contributed by atoms with Gasteiger partial charge in [0.25, 0.3) is 5.56 Å². The molecular formula is C16H12N8O. The first-order valence-corrected chi connectivity index (χ1v) is 7.35. The Kier molecular flexibility index (Phi) is 3.11. The Bertz CT molecular complexity index is 1210. The van der Waals surface area contributed by atoms with Crippen LogP contribution in [0.2, 0.25) is 0 Å². The third-order valence-corrected chi connectivity index (χ3v) is 3.88. The van der Waals surface area contributed by atoms with Gasteiger partial charge in [0, 0.05) is 31.2 Å². The molecule has 0 bridgehead atoms. The zero-order valence-electron chi connectivity index (χ0n) is 13.1. The first-order chi connectivity index (χ1) is 12.1. The number of nitriles is 1. The van der Waals surface area contributed by atoms with Crippen LogP contribution >= 0.6 is 0 Å². The van der Waals surface area contributed by atoms with Gasteiger partial charge in [-0.05, 0) is 18.2 Å². The quantitative estimate of drug-likeness (QED) is 0.562. The number of nitrogens with zero attached hydrogens (tertiary/aromatic N) is 6. The van der Waals surface area contributed by atoms with E-state index in [1.165, 1.54) is 10.8 Å². The fourth-order valence-corrected chi connectivity index (χ4v) is 2.73. The Morgan fingerprint density at radius 3 is 2.92 bits per heavy atom. The molecule has 0 aliphatic heterocycles. The van der Waals surface area contributed by atoms with E-state index in [2.05, 4.69) is 20.3 Å². The standard InChI is InChI=1S/C16H12N8O/c1-23-6-4-11(22-23)10-8-24(15-9(7-17)3-2-5-19-15)16(25)12-13(10)20-21-14(12)18/h2-6,8H,1H3,(H3,18,20,21). The number of nitrogens with one attached hydrogen (secondary N) is 1. The third-order valence-electron chi connectivity index (χ3n) is 3.88. The highest BCUT2D eigenvalue weighted by atomic mass is 16.1.